The smallest absolute Gasteiger partial charge is 0.113 e. The van der Waals surface area contributed by atoms with Crippen LogP contribution in [0.5, 0.6) is 0 Å². The van der Waals surface area contributed by atoms with Gasteiger partial charge in [0.1, 0.15) is 5.52 Å². The Morgan fingerprint density at radius 1 is 1.31 bits per heavy atom. The third-order valence-electron chi connectivity index (χ3n) is 2.12. The Bertz CT molecular complexity index is 429. The minimum absolute atomic E-state index is 0.368. The summed E-state index contributed by atoms with van der Waals surface area (Å²) in [4.78, 5) is 0. The van der Waals surface area contributed by atoms with Crippen molar-refractivity contribution >= 4 is 11.0 Å². The van der Waals surface area contributed by atoms with Crippen molar-refractivity contribution in [1.82, 2.24) is 15.0 Å². The average molecular weight is 175 g/mol. The summed E-state index contributed by atoms with van der Waals surface area (Å²) in [6.07, 6.45) is 0. The van der Waals surface area contributed by atoms with Crippen LogP contribution >= 0.6 is 0 Å². The summed E-state index contributed by atoms with van der Waals surface area (Å²) in [5, 5.41) is 8.22. The Hall–Kier alpha value is -1.38. The predicted molar refractivity (Wildman–Crippen MR) is 52.7 cm³/mol. The number of aromatic nitrogens is 3. The first-order valence-electron chi connectivity index (χ1n) is 4.50. The van der Waals surface area contributed by atoms with Gasteiger partial charge in [0.15, 0.2) is 0 Å². The molecule has 0 spiro atoms. The zero-order valence-corrected chi connectivity index (χ0v) is 8.15. The number of rotatable bonds is 1. The molecule has 0 saturated heterocycles. The van der Waals surface area contributed by atoms with Crippen LogP contribution in [0.25, 0.3) is 11.0 Å². The molecule has 1 aromatic carbocycles. The van der Waals surface area contributed by atoms with E-state index in [4.69, 9.17) is 0 Å². The van der Waals surface area contributed by atoms with E-state index in [1.165, 1.54) is 5.56 Å². The van der Waals surface area contributed by atoms with Crippen molar-refractivity contribution in [3.8, 4) is 0 Å². The van der Waals surface area contributed by atoms with E-state index in [1.807, 2.05) is 4.68 Å². The van der Waals surface area contributed by atoms with E-state index in [9.17, 15) is 0 Å². The van der Waals surface area contributed by atoms with Gasteiger partial charge in [0.2, 0.25) is 0 Å². The first-order chi connectivity index (χ1) is 6.18. The van der Waals surface area contributed by atoms with E-state index < -0.39 is 0 Å². The highest BCUT2D eigenvalue weighted by molar-refractivity contribution is 5.75. The van der Waals surface area contributed by atoms with E-state index >= 15 is 0 Å². The van der Waals surface area contributed by atoms with E-state index in [2.05, 4.69) is 49.3 Å². The number of fused-ring (bicyclic) bond motifs is 1. The minimum atomic E-state index is 0.368. The zero-order chi connectivity index (χ0) is 9.42. The van der Waals surface area contributed by atoms with Gasteiger partial charge >= 0.3 is 0 Å². The molecule has 2 rings (SSSR count). The Kier molecular flexibility index (Phi) is 1.79. The fourth-order valence-corrected chi connectivity index (χ4v) is 1.43. The van der Waals surface area contributed by atoms with Crippen LogP contribution in [0.1, 0.15) is 25.5 Å². The lowest BCUT2D eigenvalue weighted by Crippen LogP contribution is -2.02. The molecule has 0 aliphatic heterocycles. The van der Waals surface area contributed by atoms with Crippen LogP contribution in [-0.2, 0) is 0 Å². The molecular weight excluding hydrogens is 162 g/mol. The predicted octanol–water partition coefficient (Wildman–Crippen LogP) is 2.32. The second-order valence-corrected chi connectivity index (χ2v) is 3.62. The molecule has 0 aliphatic carbocycles. The normalized spacial score (nSPS) is 11.4. The minimum Gasteiger partial charge on any atom is -0.242 e. The molecule has 0 atom stereocenters. The molecule has 2 aromatic rings. The van der Waals surface area contributed by atoms with Crippen molar-refractivity contribution in [3.05, 3.63) is 23.8 Å². The van der Waals surface area contributed by atoms with Gasteiger partial charge in [-0.25, -0.2) is 4.68 Å². The Balaban J connectivity index is 2.69. The summed E-state index contributed by atoms with van der Waals surface area (Å²) in [5.74, 6) is 0. The Morgan fingerprint density at radius 2 is 2.08 bits per heavy atom. The molecule has 3 heteroatoms. The average Bonchev–Trinajstić information content (AvgIpc) is 2.46. The first kappa shape index (κ1) is 8.23. The largest absolute Gasteiger partial charge is 0.242 e. The second-order valence-electron chi connectivity index (χ2n) is 3.62. The van der Waals surface area contributed by atoms with Crippen LogP contribution in [0.15, 0.2) is 18.2 Å². The highest BCUT2D eigenvalue weighted by Crippen LogP contribution is 2.16. The molecule has 0 aliphatic rings. The molecule has 0 bridgehead atoms. The quantitative estimate of drug-likeness (QED) is 0.666. The summed E-state index contributed by atoms with van der Waals surface area (Å²) in [6.45, 7) is 6.27. The highest BCUT2D eigenvalue weighted by Gasteiger charge is 2.06. The molecule has 1 heterocycles. The van der Waals surface area contributed by atoms with Crippen LogP contribution in [0.4, 0.5) is 0 Å². The zero-order valence-electron chi connectivity index (χ0n) is 8.15. The molecule has 0 unspecified atom stereocenters. The molecule has 13 heavy (non-hydrogen) atoms. The summed E-state index contributed by atoms with van der Waals surface area (Å²) in [7, 11) is 0. The number of benzene rings is 1. The van der Waals surface area contributed by atoms with Crippen LogP contribution in [0.2, 0.25) is 0 Å². The Labute approximate surface area is 77.4 Å². The summed E-state index contributed by atoms with van der Waals surface area (Å²) >= 11 is 0. The maximum Gasteiger partial charge on any atom is 0.113 e. The third-order valence-corrected chi connectivity index (χ3v) is 2.12. The van der Waals surface area contributed by atoms with Gasteiger partial charge < -0.3 is 0 Å². The lowest BCUT2D eigenvalue weighted by molar-refractivity contribution is 0.530. The first-order valence-corrected chi connectivity index (χ1v) is 4.50. The molecule has 68 valence electrons. The SMILES string of the molecule is Cc1ccc2c(c1)nnn2C(C)C. The number of hydrogen-bond acceptors (Lipinski definition) is 2. The molecule has 0 fully saturated rings. The van der Waals surface area contributed by atoms with Crippen molar-refractivity contribution in [2.45, 2.75) is 26.8 Å². The summed E-state index contributed by atoms with van der Waals surface area (Å²) in [6, 6.07) is 6.59. The van der Waals surface area contributed by atoms with Crippen molar-refractivity contribution < 1.29 is 0 Å². The fraction of sp³-hybridized carbons (Fsp3) is 0.400. The summed E-state index contributed by atoms with van der Waals surface area (Å²) < 4.78 is 1.94. The van der Waals surface area contributed by atoms with Crippen molar-refractivity contribution in [1.29, 1.82) is 0 Å². The van der Waals surface area contributed by atoms with Gasteiger partial charge in [-0.1, -0.05) is 11.3 Å². The molecule has 0 N–H and O–H groups in total. The standard InChI is InChI=1S/C10H13N3/c1-7(2)13-10-5-4-8(3)6-9(10)11-12-13/h4-7H,1-3H3. The van der Waals surface area contributed by atoms with E-state index in [1.54, 1.807) is 0 Å². The number of nitrogens with zero attached hydrogens (tertiary/aromatic N) is 3. The van der Waals surface area contributed by atoms with Crippen LogP contribution < -0.4 is 0 Å². The van der Waals surface area contributed by atoms with E-state index in [-0.39, 0.29) is 0 Å². The van der Waals surface area contributed by atoms with Crippen LogP contribution in [-0.4, -0.2) is 15.0 Å². The molecule has 1 aromatic heterocycles. The molecule has 3 nitrogen and oxygen atoms in total. The maximum absolute atomic E-state index is 4.11. The van der Waals surface area contributed by atoms with Gasteiger partial charge in [-0.2, -0.15) is 0 Å². The van der Waals surface area contributed by atoms with Crippen molar-refractivity contribution in [2.75, 3.05) is 0 Å². The second kappa shape index (κ2) is 2.83. The van der Waals surface area contributed by atoms with E-state index in [0.717, 1.165) is 11.0 Å². The maximum atomic E-state index is 4.11. The van der Waals surface area contributed by atoms with Crippen molar-refractivity contribution in [2.24, 2.45) is 0 Å². The van der Waals surface area contributed by atoms with Gasteiger partial charge in [-0.3, -0.25) is 0 Å². The Morgan fingerprint density at radius 3 is 2.77 bits per heavy atom. The third kappa shape index (κ3) is 1.30. The molecule has 0 amide bonds. The van der Waals surface area contributed by atoms with Gasteiger partial charge in [0, 0.05) is 6.04 Å². The van der Waals surface area contributed by atoms with Gasteiger partial charge in [-0.15, -0.1) is 5.10 Å². The lowest BCUT2D eigenvalue weighted by Gasteiger charge is -2.04. The fourth-order valence-electron chi connectivity index (χ4n) is 1.43. The van der Waals surface area contributed by atoms with Crippen molar-refractivity contribution in [3.63, 3.8) is 0 Å². The summed E-state index contributed by atoms with van der Waals surface area (Å²) in [5.41, 5.74) is 3.32. The van der Waals surface area contributed by atoms with Gasteiger partial charge in [0.05, 0.1) is 5.52 Å². The highest BCUT2D eigenvalue weighted by atomic mass is 15.4. The molecular formula is C10H13N3. The topological polar surface area (TPSA) is 30.7 Å². The van der Waals surface area contributed by atoms with E-state index in [0.29, 0.717) is 6.04 Å². The number of aryl methyl sites for hydroxylation is 1. The molecule has 0 radical (unpaired) electrons. The van der Waals surface area contributed by atoms with Gasteiger partial charge in [0.25, 0.3) is 0 Å². The van der Waals surface area contributed by atoms with Crippen LogP contribution in [0.3, 0.4) is 0 Å². The monoisotopic (exact) mass is 175 g/mol. The number of hydrogen-bond donors (Lipinski definition) is 0. The lowest BCUT2D eigenvalue weighted by atomic mass is 10.2. The molecule has 0 saturated carbocycles. The van der Waals surface area contributed by atoms with Gasteiger partial charge in [-0.05, 0) is 38.5 Å². The van der Waals surface area contributed by atoms with Crippen LogP contribution in [0, 0.1) is 6.92 Å².